The molecule has 4 N–H and O–H groups in total. The number of amides is 1. The van der Waals surface area contributed by atoms with E-state index in [0.29, 0.717) is 29.1 Å². The van der Waals surface area contributed by atoms with Crippen LogP contribution in [0, 0.1) is 11.3 Å². The first-order valence-corrected chi connectivity index (χ1v) is 11.0. The molecule has 0 saturated heterocycles. The molecule has 12 nitrogen and oxygen atoms in total. The van der Waals surface area contributed by atoms with E-state index in [9.17, 15) is 15.0 Å². The molecular formula is C22H23N9O3. The highest BCUT2D eigenvalue weighted by Gasteiger charge is 2.75. The van der Waals surface area contributed by atoms with Crippen molar-refractivity contribution in [1.29, 1.82) is 0 Å². The van der Waals surface area contributed by atoms with Crippen molar-refractivity contribution < 1.29 is 15.0 Å². The van der Waals surface area contributed by atoms with Crippen molar-refractivity contribution in [2.75, 3.05) is 19.4 Å². The number of aromatic nitrogens is 7. The molecule has 2 fully saturated rings. The fraction of sp³-hybridized carbons (Fsp3) is 0.364. The van der Waals surface area contributed by atoms with Gasteiger partial charge < -0.3 is 25.4 Å². The van der Waals surface area contributed by atoms with E-state index in [2.05, 4.69) is 35.9 Å². The molecule has 2 aliphatic rings. The van der Waals surface area contributed by atoms with Crippen molar-refractivity contribution in [3.8, 4) is 17.2 Å². The highest BCUT2D eigenvalue weighted by atomic mass is 16.3. The van der Waals surface area contributed by atoms with Crippen molar-refractivity contribution >= 4 is 22.9 Å². The van der Waals surface area contributed by atoms with Crippen molar-refractivity contribution in [1.82, 2.24) is 39.8 Å². The predicted molar refractivity (Wildman–Crippen MR) is 121 cm³/mol. The lowest BCUT2D eigenvalue weighted by Crippen LogP contribution is -2.41. The molecule has 0 spiro atoms. The minimum absolute atomic E-state index is 0.234. The second-order valence-corrected chi connectivity index (χ2v) is 8.72. The van der Waals surface area contributed by atoms with Gasteiger partial charge in [-0.05, 0) is 6.42 Å². The van der Waals surface area contributed by atoms with Crippen molar-refractivity contribution in [3.63, 3.8) is 0 Å². The molecule has 0 radical (unpaired) electrons. The average molecular weight is 461 g/mol. The van der Waals surface area contributed by atoms with Crippen LogP contribution in [0.1, 0.15) is 12.5 Å². The van der Waals surface area contributed by atoms with Gasteiger partial charge in [0.15, 0.2) is 17.0 Å². The zero-order chi connectivity index (χ0) is 23.6. The predicted octanol–water partition coefficient (Wildman–Crippen LogP) is 0.144. The van der Waals surface area contributed by atoms with Gasteiger partial charge in [-0.2, -0.15) is 14.6 Å². The molecule has 1 aromatic carbocycles. The first-order valence-electron chi connectivity index (χ1n) is 11.0. The lowest BCUT2D eigenvalue weighted by Gasteiger charge is -2.23. The number of carbonyl (C=O) groups is 1. The van der Waals surface area contributed by atoms with E-state index in [1.807, 2.05) is 30.3 Å². The van der Waals surface area contributed by atoms with Gasteiger partial charge in [0.2, 0.25) is 5.91 Å². The maximum absolute atomic E-state index is 12.5. The zero-order valence-electron chi connectivity index (χ0n) is 18.5. The quantitative estimate of drug-likeness (QED) is 0.325. The third kappa shape index (κ3) is 2.72. The molecule has 1 amide bonds. The highest BCUT2D eigenvalue weighted by Crippen LogP contribution is 2.67. The van der Waals surface area contributed by atoms with E-state index in [1.165, 1.54) is 11.7 Å². The van der Waals surface area contributed by atoms with Crippen LogP contribution in [0.5, 0.6) is 0 Å². The van der Waals surface area contributed by atoms with E-state index in [-0.39, 0.29) is 17.8 Å². The maximum Gasteiger partial charge on any atom is 0.256 e. The average Bonchev–Trinajstić information content (AvgIpc) is 3.14. The second-order valence-electron chi connectivity index (χ2n) is 8.72. The number of nitrogens with zero attached hydrogens (tertiary/aromatic N) is 7. The molecule has 174 valence electrons. The summed E-state index contributed by atoms with van der Waals surface area (Å²) in [7, 11) is 3.26. The Morgan fingerprint density at radius 3 is 2.71 bits per heavy atom. The van der Waals surface area contributed by atoms with Gasteiger partial charge in [-0.1, -0.05) is 35.5 Å². The number of hydrogen-bond acceptors (Lipinski definition) is 9. The SMILES string of the molecule is CNC(=O)C12CC1[C@@H](n1cnc3c(NC)nc(-n4cc(-c5ccccc5)nn4)nc31)[C@H](O)[C@@H]2O. The highest BCUT2D eigenvalue weighted by molar-refractivity contribution is 5.88. The van der Waals surface area contributed by atoms with Crippen LogP contribution in [-0.2, 0) is 4.79 Å². The van der Waals surface area contributed by atoms with Gasteiger partial charge in [0.1, 0.15) is 11.8 Å². The molecule has 6 rings (SSSR count). The van der Waals surface area contributed by atoms with Crippen LogP contribution in [0.4, 0.5) is 5.82 Å². The molecule has 34 heavy (non-hydrogen) atoms. The van der Waals surface area contributed by atoms with Gasteiger partial charge in [0.05, 0.1) is 30.1 Å². The Labute approximate surface area is 193 Å². The normalized spacial score (nSPS) is 27.5. The molecule has 5 atom stereocenters. The summed E-state index contributed by atoms with van der Waals surface area (Å²) in [5.41, 5.74) is 1.56. The van der Waals surface area contributed by atoms with E-state index < -0.39 is 23.7 Å². The minimum atomic E-state index is -1.17. The first kappa shape index (κ1) is 20.7. The van der Waals surface area contributed by atoms with Gasteiger partial charge in [0, 0.05) is 25.6 Å². The lowest BCUT2D eigenvalue weighted by atomic mass is 9.98. The maximum atomic E-state index is 12.5. The van der Waals surface area contributed by atoms with E-state index in [4.69, 9.17) is 0 Å². The minimum Gasteiger partial charge on any atom is -0.389 e. The number of rotatable bonds is 5. The Hall–Kier alpha value is -3.90. The number of benzene rings is 1. The van der Waals surface area contributed by atoms with Crippen LogP contribution in [0.2, 0.25) is 0 Å². The summed E-state index contributed by atoms with van der Waals surface area (Å²) in [6.45, 7) is 0. The Kier molecular flexibility index (Phi) is 4.44. The number of fused-ring (bicyclic) bond motifs is 2. The van der Waals surface area contributed by atoms with Crippen molar-refractivity contribution in [2.45, 2.75) is 24.7 Å². The largest absolute Gasteiger partial charge is 0.389 e. The first-order chi connectivity index (χ1) is 16.5. The molecule has 2 aliphatic carbocycles. The number of anilines is 1. The molecule has 0 bridgehead atoms. The van der Waals surface area contributed by atoms with Gasteiger partial charge in [0.25, 0.3) is 5.95 Å². The zero-order valence-corrected chi connectivity index (χ0v) is 18.5. The van der Waals surface area contributed by atoms with Gasteiger partial charge in [-0.3, -0.25) is 4.79 Å². The molecule has 2 saturated carbocycles. The standard InChI is InChI=1S/C22H23N9O3/c1-23-18-14-19(27-21(26-18)31-9-13(28-29-31)11-6-4-3-5-7-11)30(10-25-14)15-12-8-22(12,20(34)24-2)17(33)16(15)32/h3-7,9-10,12,15-17,32-33H,8H2,1-2H3,(H,24,34)(H,23,26,27)/t12?,15-,16+,17+,22?/m1/s1. The third-order valence-corrected chi connectivity index (χ3v) is 7.06. The summed E-state index contributed by atoms with van der Waals surface area (Å²) >= 11 is 0. The van der Waals surface area contributed by atoms with Crippen LogP contribution in [0.15, 0.2) is 42.9 Å². The molecule has 0 aliphatic heterocycles. The van der Waals surface area contributed by atoms with Crippen LogP contribution in [0.25, 0.3) is 28.4 Å². The summed E-state index contributed by atoms with van der Waals surface area (Å²) in [5, 5.41) is 35.7. The molecule has 3 heterocycles. The lowest BCUT2D eigenvalue weighted by molar-refractivity contribution is -0.132. The second kappa shape index (κ2) is 7.30. The van der Waals surface area contributed by atoms with E-state index >= 15 is 0 Å². The Balaban J connectivity index is 1.44. The van der Waals surface area contributed by atoms with Crippen molar-refractivity contribution in [3.05, 3.63) is 42.9 Å². The fourth-order valence-corrected chi connectivity index (χ4v) is 5.29. The third-order valence-electron chi connectivity index (χ3n) is 7.06. The summed E-state index contributed by atoms with van der Waals surface area (Å²) < 4.78 is 3.21. The smallest absolute Gasteiger partial charge is 0.256 e. The molecule has 3 aromatic heterocycles. The van der Waals surface area contributed by atoms with Crippen LogP contribution in [-0.4, -0.2) is 76.9 Å². The number of imidazole rings is 1. The summed E-state index contributed by atoms with van der Waals surface area (Å²) in [6, 6.07) is 9.10. The summed E-state index contributed by atoms with van der Waals surface area (Å²) in [5.74, 6) is 0.257. The van der Waals surface area contributed by atoms with Gasteiger partial charge in [-0.25, -0.2) is 4.98 Å². The molecule has 2 unspecified atom stereocenters. The monoisotopic (exact) mass is 461 g/mol. The van der Waals surface area contributed by atoms with E-state index in [0.717, 1.165) is 5.56 Å². The molecular weight excluding hydrogens is 438 g/mol. The number of carbonyl (C=O) groups excluding carboxylic acids is 1. The van der Waals surface area contributed by atoms with Crippen LogP contribution in [0.3, 0.4) is 0 Å². The van der Waals surface area contributed by atoms with E-state index in [1.54, 1.807) is 24.1 Å². The topological polar surface area (TPSA) is 156 Å². The Morgan fingerprint density at radius 2 is 1.97 bits per heavy atom. The number of aliphatic hydroxyl groups excluding tert-OH is 2. The summed E-state index contributed by atoms with van der Waals surface area (Å²) in [6.07, 6.45) is 1.48. The molecule has 12 heteroatoms. The number of hydrogen-bond donors (Lipinski definition) is 4. The van der Waals surface area contributed by atoms with Crippen LogP contribution < -0.4 is 10.6 Å². The summed E-state index contributed by atoms with van der Waals surface area (Å²) in [4.78, 5) is 26.2. The van der Waals surface area contributed by atoms with Crippen molar-refractivity contribution in [2.24, 2.45) is 11.3 Å². The molecule has 4 aromatic rings. The Bertz CT molecular complexity index is 1400. The number of aliphatic hydroxyl groups is 2. The van der Waals surface area contributed by atoms with Crippen LogP contribution >= 0.6 is 0 Å². The number of nitrogens with one attached hydrogen (secondary N) is 2. The fourth-order valence-electron chi connectivity index (χ4n) is 5.29. The Morgan fingerprint density at radius 1 is 1.18 bits per heavy atom. The van der Waals surface area contributed by atoms with Gasteiger partial charge in [-0.15, -0.1) is 5.10 Å². The van der Waals surface area contributed by atoms with Gasteiger partial charge >= 0.3 is 0 Å².